The van der Waals surface area contributed by atoms with Crippen molar-refractivity contribution in [3.63, 3.8) is 0 Å². The topological polar surface area (TPSA) is 43.2 Å². The summed E-state index contributed by atoms with van der Waals surface area (Å²) in [7, 11) is 1.95. The Hall–Kier alpha value is -1.79. The molecule has 0 aliphatic carbocycles. The fourth-order valence-corrected chi connectivity index (χ4v) is 3.95. The van der Waals surface area contributed by atoms with Crippen molar-refractivity contribution in [3.8, 4) is 0 Å². The molecule has 2 aromatic heterocycles. The average Bonchev–Trinajstić information content (AvgIpc) is 3.19. The Labute approximate surface area is 141 Å². The molecule has 1 atom stereocenters. The highest BCUT2D eigenvalue weighted by Gasteiger charge is 2.43. The third-order valence-electron chi connectivity index (χ3n) is 5.42. The summed E-state index contributed by atoms with van der Waals surface area (Å²) >= 11 is 0. The van der Waals surface area contributed by atoms with E-state index in [1.54, 1.807) is 12.3 Å². The third kappa shape index (κ3) is 3.08. The van der Waals surface area contributed by atoms with Gasteiger partial charge in [-0.05, 0) is 30.9 Å². The second kappa shape index (κ2) is 6.26. The van der Waals surface area contributed by atoms with Gasteiger partial charge in [0.2, 0.25) is 0 Å². The van der Waals surface area contributed by atoms with Gasteiger partial charge in [-0.15, -0.1) is 0 Å². The van der Waals surface area contributed by atoms with Crippen molar-refractivity contribution in [2.24, 2.45) is 7.05 Å². The van der Waals surface area contributed by atoms with Gasteiger partial charge in [-0.3, -0.25) is 14.6 Å². The standard InChI is InChI=1S/C18H23FN4O/c1-22-11-16(9-21-22)15-8-18(24-13-15)3-6-23(7-4-18)12-14-2-5-20-10-17(14)19/h2,5,9-11,15H,3-4,6-8,12-13H2,1H3. The molecule has 1 unspecified atom stereocenters. The van der Waals surface area contributed by atoms with E-state index >= 15 is 0 Å². The molecule has 0 saturated carbocycles. The zero-order valence-corrected chi connectivity index (χ0v) is 14.0. The van der Waals surface area contributed by atoms with Crippen molar-refractivity contribution in [1.29, 1.82) is 0 Å². The van der Waals surface area contributed by atoms with Crippen LogP contribution in [-0.4, -0.2) is 45.0 Å². The van der Waals surface area contributed by atoms with E-state index < -0.39 is 0 Å². The highest BCUT2D eigenvalue weighted by atomic mass is 19.1. The maximum absolute atomic E-state index is 13.8. The molecule has 5 nitrogen and oxygen atoms in total. The maximum Gasteiger partial charge on any atom is 0.145 e. The molecular weight excluding hydrogens is 307 g/mol. The van der Waals surface area contributed by atoms with Crippen LogP contribution >= 0.6 is 0 Å². The summed E-state index contributed by atoms with van der Waals surface area (Å²) in [6.07, 6.45) is 10.1. The normalized spacial score (nSPS) is 23.8. The van der Waals surface area contributed by atoms with Crippen LogP contribution < -0.4 is 0 Å². The lowest BCUT2D eigenvalue weighted by atomic mass is 9.84. The number of aromatic nitrogens is 3. The lowest BCUT2D eigenvalue weighted by Crippen LogP contribution is -2.43. The highest BCUT2D eigenvalue weighted by Crippen LogP contribution is 2.42. The van der Waals surface area contributed by atoms with Gasteiger partial charge in [0, 0.05) is 50.6 Å². The van der Waals surface area contributed by atoms with Crippen molar-refractivity contribution < 1.29 is 9.13 Å². The Morgan fingerprint density at radius 2 is 2.17 bits per heavy atom. The Bertz CT molecular complexity index is 709. The fourth-order valence-electron chi connectivity index (χ4n) is 3.95. The predicted molar refractivity (Wildman–Crippen MR) is 88.0 cm³/mol. The number of hydrogen-bond donors (Lipinski definition) is 0. The molecule has 4 heterocycles. The molecular formula is C18H23FN4O. The lowest BCUT2D eigenvalue weighted by Gasteiger charge is -2.38. The zero-order chi connectivity index (χ0) is 16.6. The molecule has 4 rings (SSSR count). The first-order chi connectivity index (χ1) is 11.6. The van der Waals surface area contributed by atoms with Crippen molar-refractivity contribution in [3.05, 3.63) is 47.8 Å². The van der Waals surface area contributed by atoms with Gasteiger partial charge in [-0.1, -0.05) is 0 Å². The van der Waals surface area contributed by atoms with Gasteiger partial charge >= 0.3 is 0 Å². The summed E-state index contributed by atoms with van der Waals surface area (Å²) in [5, 5.41) is 4.27. The molecule has 2 aromatic rings. The van der Waals surface area contributed by atoms with Crippen molar-refractivity contribution in [1.82, 2.24) is 19.7 Å². The molecule has 0 amide bonds. The Balaban J connectivity index is 1.35. The van der Waals surface area contributed by atoms with Gasteiger partial charge in [0.25, 0.3) is 0 Å². The van der Waals surface area contributed by atoms with E-state index in [0.29, 0.717) is 12.5 Å². The van der Waals surface area contributed by atoms with Crippen LogP contribution in [0.4, 0.5) is 4.39 Å². The number of piperidine rings is 1. The first-order valence-corrected chi connectivity index (χ1v) is 8.57. The van der Waals surface area contributed by atoms with Crippen LogP contribution in [0.5, 0.6) is 0 Å². The van der Waals surface area contributed by atoms with Gasteiger partial charge in [0.05, 0.1) is 24.6 Å². The van der Waals surface area contributed by atoms with Gasteiger partial charge in [-0.2, -0.15) is 5.10 Å². The summed E-state index contributed by atoms with van der Waals surface area (Å²) in [6.45, 7) is 3.32. The highest BCUT2D eigenvalue weighted by molar-refractivity contribution is 5.16. The molecule has 6 heteroatoms. The van der Waals surface area contributed by atoms with Gasteiger partial charge in [0.1, 0.15) is 5.82 Å². The number of likely N-dealkylation sites (tertiary alicyclic amines) is 1. The van der Waals surface area contributed by atoms with Gasteiger partial charge in [-0.25, -0.2) is 4.39 Å². The quantitative estimate of drug-likeness (QED) is 0.867. The third-order valence-corrected chi connectivity index (χ3v) is 5.42. The zero-order valence-electron chi connectivity index (χ0n) is 14.0. The van der Waals surface area contributed by atoms with Crippen LogP contribution in [0.1, 0.15) is 36.3 Å². The Morgan fingerprint density at radius 1 is 1.33 bits per heavy atom. The molecule has 1 spiro atoms. The number of pyridine rings is 1. The minimum Gasteiger partial charge on any atom is -0.374 e. The molecule has 2 aliphatic rings. The molecule has 2 saturated heterocycles. The summed E-state index contributed by atoms with van der Waals surface area (Å²) in [5.74, 6) is 0.231. The summed E-state index contributed by atoms with van der Waals surface area (Å²) in [4.78, 5) is 6.12. The van der Waals surface area contributed by atoms with E-state index in [4.69, 9.17) is 4.74 Å². The largest absolute Gasteiger partial charge is 0.374 e. The second-order valence-corrected chi connectivity index (χ2v) is 7.09. The van der Waals surface area contributed by atoms with Crippen molar-refractivity contribution in [2.45, 2.75) is 37.3 Å². The molecule has 128 valence electrons. The number of aryl methyl sites for hydroxylation is 1. The number of halogens is 1. The molecule has 24 heavy (non-hydrogen) atoms. The smallest absolute Gasteiger partial charge is 0.145 e. The predicted octanol–water partition coefficient (Wildman–Crippen LogP) is 2.49. The molecule has 0 radical (unpaired) electrons. The molecule has 0 N–H and O–H groups in total. The van der Waals surface area contributed by atoms with E-state index in [2.05, 4.69) is 21.2 Å². The molecule has 0 bridgehead atoms. The monoisotopic (exact) mass is 330 g/mol. The summed E-state index contributed by atoms with van der Waals surface area (Å²) in [5.41, 5.74) is 1.99. The number of ether oxygens (including phenoxy) is 1. The fraction of sp³-hybridized carbons (Fsp3) is 0.556. The minimum atomic E-state index is -0.216. The minimum absolute atomic E-state index is 0.00615. The number of rotatable bonds is 3. The molecule has 0 aromatic carbocycles. The van der Waals surface area contributed by atoms with Crippen LogP contribution in [0.15, 0.2) is 30.9 Å². The van der Waals surface area contributed by atoms with E-state index in [1.807, 2.05) is 17.9 Å². The van der Waals surface area contributed by atoms with Crippen molar-refractivity contribution >= 4 is 0 Å². The first-order valence-electron chi connectivity index (χ1n) is 8.57. The molecule has 2 fully saturated rings. The van der Waals surface area contributed by atoms with E-state index in [9.17, 15) is 4.39 Å². The van der Waals surface area contributed by atoms with Gasteiger partial charge in [0.15, 0.2) is 0 Å². The summed E-state index contributed by atoms with van der Waals surface area (Å²) < 4.78 is 21.8. The maximum atomic E-state index is 13.8. The van der Waals surface area contributed by atoms with Crippen LogP contribution in [0.3, 0.4) is 0 Å². The second-order valence-electron chi connectivity index (χ2n) is 7.09. The van der Waals surface area contributed by atoms with E-state index in [1.165, 1.54) is 11.8 Å². The first kappa shape index (κ1) is 15.7. The van der Waals surface area contributed by atoms with Crippen LogP contribution in [0, 0.1) is 5.82 Å². The SMILES string of the molecule is Cn1cc(C2COC3(CCN(Cc4ccncc4F)CC3)C2)cn1. The number of hydrogen-bond acceptors (Lipinski definition) is 4. The van der Waals surface area contributed by atoms with Crippen LogP contribution in [0.2, 0.25) is 0 Å². The Morgan fingerprint density at radius 3 is 2.88 bits per heavy atom. The van der Waals surface area contributed by atoms with Crippen molar-refractivity contribution in [2.75, 3.05) is 19.7 Å². The van der Waals surface area contributed by atoms with E-state index in [0.717, 1.165) is 44.5 Å². The van der Waals surface area contributed by atoms with Crippen LogP contribution in [-0.2, 0) is 18.3 Å². The Kier molecular flexibility index (Phi) is 4.10. The average molecular weight is 330 g/mol. The van der Waals surface area contributed by atoms with Crippen LogP contribution in [0.25, 0.3) is 0 Å². The van der Waals surface area contributed by atoms with E-state index in [-0.39, 0.29) is 11.4 Å². The molecule has 2 aliphatic heterocycles. The summed E-state index contributed by atoms with van der Waals surface area (Å²) in [6, 6.07) is 1.77. The number of nitrogens with zero attached hydrogens (tertiary/aromatic N) is 4. The lowest BCUT2D eigenvalue weighted by molar-refractivity contribution is -0.0449. The van der Waals surface area contributed by atoms with Gasteiger partial charge < -0.3 is 4.74 Å².